The number of hydrogen-bond acceptors (Lipinski definition) is 2. The molecule has 112 valence electrons. The van der Waals surface area contributed by atoms with Gasteiger partial charge in [-0.2, -0.15) is 0 Å². The molecule has 1 aromatic heterocycles. The molecule has 0 fully saturated rings. The van der Waals surface area contributed by atoms with E-state index in [1.54, 1.807) is 0 Å². The zero-order chi connectivity index (χ0) is 15.1. The van der Waals surface area contributed by atoms with Crippen molar-refractivity contribution in [2.45, 2.75) is 58.5 Å². The van der Waals surface area contributed by atoms with Gasteiger partial charge in [0.05, 0.1) is 5.69 Å². The van der Waals surface area contributed by atoms with Crippen molar-refractivity contribution in [3.05, 3.63) is 41.3 Å². The minimum atomic E-state index is 0.238. The van der Waals surface area contributed by atoms with Gasteiger partial charge in [0.15, 0.2) is 0 Å². The van der Waals surface area contributed by atoms with E-state index in [0.717, 1.165) is 18.5 Å². The Bertz CT molecular complexity index is 637. The van der Waals surface area contributed by atoms with E-state index < -0.39 is 0 Å². The maximum absolute atomic E-state index is 6.21. The van der Waals surface area contributed by atoms with Crippen LogP contribution in [-0.2, 0) is 6.42 Å². The molecule has 21 heavy (non-hydrogen) atoms. The highest BCUT2D eigenvalue weighted by atomic mass is 15.1. The van der Waals surface area contributed by atoms with Gasteiger partial charge in [-0.3, -0.25) is 0 Å². The topological polar surface area (TPSA) is 43.8 Å². The summed E-state index contributed by atoms with van der Waals surface area (Å²) >= 11 is 0. The molecular formula is C18H25N3. The molecule has 0 amide bonds. The lowest BCUT2D eigenvalue weighted by molar-refractivity contribution is 0.363. The van der Waals surface area contributed by atoms with Crippen LogP contribution in [0, 0.1) is 6.92 Å². The molecule has 3 nitrogen and oxygen atoms in total. The van der Waals surface area contributed by atoms with Crippen LogP contribution in [0.25, 0.3) is 11.3 Å². The summed E-state index contributed by atoms with van der Waals surface area (Å²) in [5.41, 5.74) is 11.1. The third-order valence-corrected chi connectivity index (χ3v) is 4.80. The third-order valence-electron chi connectivity index (χ3n) is 4.80. The van der Waals surface area contributed by atoms with E-state index in [1.165, 1.54) is 22.6 Å². The normalized spacial score (nSPS) is 21.6. The first-order chi connectivity index (χ1) is 9.99. The number of hydrogen-bond donors (Lipinski definition) is 1. The number of rotatable bonds is 2. The van der Waals surface area contributed by atoms with E-state index in [0.29, 0.717) is 12.0 Å². The fourth-order valence-electron chi connectivity index (χ4n) is 3.32. The van der Waals surface area contributed by atoms with E-state index in [4.69, 9.17) is 10.7 Å². The Morgan fingerprint density at radius 3 is 2.52 bits per heavy atom. The Hall–Kier alpha value is -1.61. The predicted molar refractivity (Wildman–Crippen MR) is 87.5 cm³/mol. The lowest BCUT2D eigenvalue weighted by Gasteiger charge is -2.29. The molecule has 0 saturated carbocycles. The van der Waals surface area contributed by atoms with Crippen LogP contribution in [0.3, 0.4) is 0 Å². The van der Waals surface area contributed by atoms with Crippen molar-refractivity contribution >= 4 is 0 Å². The lowest BCUT2D eigenvalue weighted by Crippen LogP contribution is -2.36. The Kier molecular flexibility index (Phi) is 3.62. The fourth-order valence-corrected chi connectivity index (χ4v) is 3.32. The van der Waals surface area contributed by atoms with Gasteiger partial charge in [-0.1, -0.05) is 38.1 Å². The van der Waals surface area contributed by atoms with Crippen LogP contribution in [0.1, 0.15) is 56.2 Å². The first kappa shape index (κ1) is 14.3. The number of aryl methyl sites for hydroxylation is 1. The van der Waals surface area contributed by atoms with Crippen LogP contribution in [-0.4, -0.2) is 15.6 Å². The van der Waals surface area contributed by atoms with E-state index in [1.807, 2.05) is 0 Å². The molecule has 3 rings (SSSR count). The Morgan fingerprint density at radius 1 is 1.24 bits per heavy atom. The standard InChI is InChI=1S/C18H25N3/c1-11(2)14-5-7-15(8-6-14)18-13(4)21-12(3)16(19)9-10-17(21)20-18/h5-8,11-12,16H,9-10,19H2,1-4H3. The van der Waals surface area contributed by atoms with Crippen molar-refractivity contribution in [2.24, 2.45) is 5.73 Å². The van der Waals surface area contributed by atoms with Gasteiger partial charge >= 0.3 is 0 Å². The van der Waals surface area contributed by atoms with Crippen molar-refractivity contribution in [3.63, 3.8) is 0 Å². The molecule has 2 N–H and O–H groups in total. The highest BCUT2D eigenvalue weighted by Crippen LogP contribution is 2.32. The molecule has 2 unspecified atom stereocenters. The van der Waals surface area contributed by atoms with Gasteiger partial charge in [0, 0.05) is 29.8 Å². The van der Waals surface area contributed by atoms with E-state index in [2.05, 4.69) is 56.5 Å². The van der Waals surface area contributed by atoms with Gasteiger partial charge in [-0.05, 0) is 31.7 Å². The second-order valence-corrected chi connectivity index (χ2v) is 6.55. The first-order valence-electron chi connectivity index (χ1n) is 7.92. The number of fused-ring (bicyclic) bond motifs is 1. The number of imidazole rings is 1. The predicted octanol–water partition coefficient (Wildman–Crippen LogP) is 3.82. The van der Waals surface area contributed by atoms with Crippen molar-refractivity contribution < 1.29 is 0 Å². The van der Waals surface area contributed by atoms with E-state index in [9.17, 15) is 0 Å². The molecule has 0 aliphatic carbocycles. The van der Waals surface area contributed by atoms with Crippen LogP contribution in [0.4, 0.5) is 0 Å². The maximum Gasteiger partial charge on any atom is 0.109 e. The summed E-state index contributed by atoms with van der Waals surface area (Å²) in [6.45, 7) is 8.81. The first-order valence-corrected chi connectivity index (χ1v) is 7.92. The number of nitrogens with two attached hydrogens (primary N) is 1. The molecule has 2 aromatic rings. The van der Waals surface area contributed by atoms with Crippen LogP contribution in [0.5, 0.6) is 0 Å². The van der Waals surface area contributed by atoms with Gasteiger partial charge < -0.3 is 10.3 Å². The third kappa shape index (κ3) is 2.40. The summed E-state index contributed by atoms with van der Waals surface area (Å²) in [5.74, 6) is 1.75. The molecule has 1 aromatic carbocycles. The second kappa shape index (κ2) is 5.30. The monoisotopic (exact) mass is 283 g/mol. The maximum atomic E-state index is 6.21. The second-order valence-electron chi connectivity index (χ2n) is 6.55. The highest BCUT2D eigenvalue weighted by Gasteiger charge is 2.27. The largest absolute Gasteiger partial charge is 0.327 e. The van der Waals surface area contributed by atoms with Crippen molar-refractivity contribution in [1.82, 2.24) is 9.55 Å². The summed E-state index contributed by atoms with van der Waals surface area (Å²) in [7, 11) is 0. The van der Waals surface area contributed by atoms with Crippen LogP contribution in [0.2, 0.25) is 0 Å². The van der Waals surface area contributed by atoms with Crippen molar-refractivity contribution in [3.8, 4) is 11.3 Å². The Morgan fingerprint density at radius 2 is 1.90 bits per heavy atom. The molecule has 0 bridgehead atoms. The SMILES string of the molecule is Cc1c(-c2ccc(C(C)C)cc2)nc2n1C(C)C(N)CC2. The summed E-state index contributed by atoms with van der Waals surface area (Å²) in [4.78, 5) is 4.89. The molecule has 3 heteroatoms. The number of aromatic nitrogens is 2. The lowest BCUT2D eigenvalue weighted by atomic mass is 9.99. The van der Waals surface area contributed by atoms with Crippen LogP contribution in [0.15, 0.2) is 24.3 Å². The molecule has 1 aliphatic heterocycles. The van der Waals surface area contributed by atoms with E-state index >= 15 is 0 Å². The summed E-state index contributed by atoms with van der Waals surface area (Å²) in [5, 5.41) is 0. The zero-order valence-corrected chi connectivity index (χ0v) is 13.4. The molecule has 0 radical (unpaired) electrons. The fraction of sp³-hybridized carbons (Fsp3) is 0.500. The van der Waals surface area contributed by atoms with Gasteiger partial charge in [0.25, 0.3) is 0 Å². The number of benzene rings is 1. The van der Waals surface area contributed by atoms with Gasteiger partial charge in [-0.15, -0.1) is 0 Å². The zero-order valence-electron chi connectivity index (χ0n) is 13.4. The molecular weight excluding hydrogens is 258 g/mol. The molecule has 0 saturated heterocycles. The van der Waals surface area contributed by atoms with Gasteiger partial charge in [0.1, 0.15) is 5.82 Å². The molecule has 2 heterocycles. The van der Waals surface area contributed by atoms with Gasteiger partial charge in [0.2, 0.25) is 0 Å². The minimum absolute atomic E-state index is 0.238. The van der Waals surface area contributed by atoms with Crippen LogP contribution < -0.4 is 5.73 Å². The summed E-state index contributed by atoms with van der Waals surface area (Å²) < 4.78 is 2.33. The van der Waals surface area contributed by atoms with Crippen molar-refractivity contribution in [2.75, 3.05) is 0 Å². The number of nitrogens with zero attached hydrogens (tertiary/aromatic N) is 2. The van der Waals surface area contributed by atoms with Crippen LogP contribution >= 0.6 is 0 Å². The molecule has 2 atom stereocenters. The quantitative estimate of drug-likeness (QED) is 0.910. The Balaban J connectivity index is 2.02. The Labute approximate surface area is 127 Å². The summed E-state index contributed by atoms with van der Waals surface area (Å²) in [6, 6.07) is 9.40. The smallest absolute Gasteiger partial charge is 0.109 e. The van der Waals surface area contributed by atoms with E-state index in [-0.39, 0.29) is 6.04 Å². The van der Waals surface area contributed by atoms with Crippen molar-refractivity contribution in [1.29, 1.82) is 0 Å². The average Bonchev–Trinajstić information content (AvgIpc) is 2.81. The summed E-state index contributed by atoms with van der Waals surface area (Å²) in [6.07, 6.45) is 2.01. The average molecular weight is 283 g/mol. The van der Waals surface area contributed by atoms with Gasteiger partial charge in [-0.25, -0.2) is 4.98 Å². The molecule has 0 spiro atoms. The minimum Gasteiger partial charge on any atom is -0.327 e. The highest BCUT2D eigenvalue weighted by molar-refractivity contribution is 5.63. The molecule has 1 aliphatic rings.